The van der Waals surface area contributed by atoms with Gasteiger partial charge in [0, 0.05) is 48.9 Å². The zero-order chi connectivity index (χ0) is 17.1. The van der Waals surface area contributed by atoms with Gasteiger partial charge in [0.15, 0.2) is 0 Å². The highest BCUT2D eigenvalue weighted by Crippen LogP contribution is 2.19. The van der Waals surface area contributed by atoms with Gasteiger partial charge >= 0.3 is 0 Å². The average Bonchev–Trinajstić information content (AvgIpc) is 3.16. The number of rotatable bonds is 5. The molecule has 0 fully saturated rings. The van der Waals surface area contributed by atoms with Crippen molar-refractivity contribution in [3.05, 3.63) is 40.6 Å². The number of fused-ring (bicyclic) bond motifs is 1. The Labute approximate surface area is 147 Å². The summed E-state index contributed by atoms with van der Waals surface area (Å²) in [4.78, 5) is 22.7. The minimum absolute atomic E-state index is 0.200. The van der Waals surface area contributed by atoms with E-state index >= 15 is 0 Å². The quantitative estimate of drug-likeness (QED) is 0.835. The first-order valence-corrected chi connectivity index (χ1v) is 9.41. The van der Waals surface area contributed by atoms with E-state index in [1.807, 2.05) is 34.8 Å². The number of hydrogen-bond acceptors (Lipinski definition) is 4. The highest BCUT2D eigenvalue weighted by molar-refractivity contribution is 7.10. The van der Waals surface area contributed by atoms with Crippen LogP contribution in [-0.2, 0) is 24.3 Å². The molecule has 0 saturated heterocycles. The monoisotopic (exact) mass is 346 g/mol. The van der Waals surface area contributed by atoms with E-state index in [4.69, 9.17) is 0 Å². The second-order valence-corrected chi connectivity index (χ2v) is 7.96. The summed E-state index contributed by atoms with van der Waals surface area (Å²) in [7, 11) is 2.15. The van der Waals surface area contributed by atoms with Crippen molar-refractivity contribution in [3.63, 3.8) is 0 Å². The molecule has 3 heterocycles. The fraction of sp³-hybridized carbons (Fsp3) is 0.556. The van der Waals surface area contributed by atoms with Crippen LogP contribution in [0.5, 0.6) is 0 Å². The van der Waals surface area contributed by atoms with Gasteiger partial charge in [-0.05, 0) is 32.3 Å². The SMILES string of the molecule is CC(C)N(C)C[C@@H]1CN(C(=O)Cc2cccs2)Cc2nccn2C1. The zero-order valence-electron chi connectivity index (χ0n) is 14.7. The molecule has 130 valence electrons. The smallest absolute Gasteiger partial charge is 0.228 e. The molecule has 0 N–H and O–H groups in total. The standard InChI is InChI=1S/C18H26N4OS/c1-14(2)20(3)10-15-11-21-7-6-19-17(21)13-22(12-15)18(23)9-16-5-4-8-24-16/h4-8,14-15H,9-13H2,1-3H3/t15-/m0/s1. The van der Waals surface area contributed by atoms with Crippen molar-refractivity contribution in [3.8, 4) is 0 Å². The first-order valence-electron chi connectivity index (χ1n) is 8.53. The van der Waals surface area contributed by atoms with Gasteiger partial charge in [-0.25, -0.2) is 4.98 Å². The third-order valence-corrected chi connectivity index (χ3v) is 5.63. The van der Waals surface area contributed by atoms with Crippen molar-refractivity contribution in [1.29, 1.82) is 0 Å². The summed E-state index contributed by atoms with van der Waals surface area (Å²) in [6.45, 7) is 7.73. The molecule has 0 radical (unpaired) electrons. The summed E-state index contributed by atoms with van der Waals surface area (Å²) in [6.07, 6.45) is 4.36. The Bertz CT molecular complexity index is 664. The molecule has 6 heteroatoms. The maximum Gasteiger partial charge on any atom is 0.228 e. The Morgan fingerprint density at radius 1 is 1.46 bits per heavy atom. The van der Waals surface area contributed by atoms with Crippen LogP contribution in [-0.4, -0.2) is 51.4 Å². The molecule has 0 unspecified atom stereocenters. The first kappa shape index (κ1) is 17.2. The summed E-state index contributed by atoms with van der Waals surface area (Å²) in [5, 5.41) is 2.03. The van der Waals surface area contributed by atoms with Crippen molar-refractivity contribution in [1.82, 2.24) is 19.4 Å². The molecular formula is C18H26N4OS. The van der Waals surface area contributed by atoms with E-state index < -0.39 is 0 Å². The van der Waals surface area contributed by atoms with Crippen LogP contribution < -0.4 is 0 Å². The van der Waals surface area contributed by atoms with E-state index in [1.165, 1.54) is 0 Å². The van der Waals surface area contributed by atoms with Crippen LogP contribution in [0.3, 0.4) is 0 Å². The van der Waals surface area contributed by atoms with E-state index in [0.29, 0.717) is 24.9 Å². The van der Waals surface area contributed by atoms with Crippen LogP contribution in [0.4, 0.5) is 0 Å². The summed E-state index contributed by atoms with van der Waals surface area (Å²) in [5.41, 5.74) is 0. The number of nitrogens with zero attached hydrogens (tertiary/aromatic N) is 4. The van der Waals surface area contributed by atoms with Gasteiger partial charge < -0.3 is 14.4 Å². The molecule has 0 saturated carbocycles. The maximum absolute atomic E-state index is 12.8. The van der Waals surface area contributed by atoms with Crippen LogP contribution in [0.25, 0.3) is 0 Å². The summed E-state index contributed by atoms with van der Waals surface area (Å²) in [6, 6.07) is 4.54. The number of amides is 1. The van der Waals surface area contributed by atoms with Crippen LogP contribution in [0.15, 0.2) is 29.9 Å². The summed E-state index contributed by atoms with van der Waals surface area (Å²) in [5.74, 6) is 1.61. The number of hydrogen-bond donors (Lipinski definition) is 0. The largest absolute Gasteiger partial charge is 0.335 e. The molecule has 0 aliphatic carbocycles. The van der Waals surface area contributed by atoms with Crippen molar-refractivity contribution in [2.45, 2.75) is 39.4 Å². The Balaban J connectivity index is 1.74. The fourth-order valence-corrected chi connectivity index (χ4v) is 3.83. The lowest BCUT2D eigenvalue weighted by atomic mass is 10.1. The molecule has 24 heavy (non-hydrogen) atoms. The Morgan fingerprint density at radius 3 is 3.00 bits per heavy atom. The lowest BCUT2D eigenvalue weighted by Gasteiger charge is -2.29. The molecule has 0 spiro atoms. The van der Waals surface area contributed by atoms with E-state index in [1.54, 1.807) is 11.3 Å². The summed E-state index contributed by atoms with van der Waals surface area (Å²) >= 11 is 1.65. The van der Waals surface area contributed by atoms with Crippen molar-refractivity contribution in [2.75, 3.05) is 20.1 Å². The molecule has 0 bridgehead atoms. The van der Waals surface area contributed by atoms with Crippen molar-refractivity contribution < 1.29 is 4.79 Å². The molecule has 0 aromatic carbocycles. The van der Waals surface area contributed by atoms with Crippen LogP contribution in [0.1, 0.15) is 24.5 Å². The van der Waals surface area contributed by atoms with Gasteiger partial charge in [-0.15, -0.1) is 11.3 Å². The minimum atomic E-state index is 0.200. The van der Waals surface area contributed by atoms with Gasteiger partial charge in [-0.3, -0.25) is 4.79 Å². The predicted molar refractivity (Wildman–Crippen MR) is 96.9 cm³/mol. The number of carbonyl (C=O) groups is 1. The van der Waals surface area contributed by atoms with E-state index in [0.717, 1.165) is 30.3 Å². The minimum Gasteiger partial charge on any atom is -0.335 e. The van der Waals surface area contributed by atoms with Crippen LogP contribution in [0.2, 0.25) is 0 Å². The molecule has 1 atom stereocenters. The second-order valence-electron chi connectivity index (χ2n) is 6.93. The number of thiophene rings is 1. The van der Waals surface area contributed by atoms with Gasteiger partial charge in [0.2, 0.25) is 5.91 Å². The molecule has 2 aromatic rings. The van der Waals surface area contributed by atoms with Crippen molar-refractivity contribution in [2.24, 2.45) is 5.92 Å². The van der Waals surface area contributed by atoms with Gasteiger partial charge in [-0.2, -0.15) is 0 Å². The lowest BCUT2D eigenvalue weighted by Crippen LogP contribution is -2.40. The average molecular weight is 347 g/mol. The van der Waals surface area contributed by atoms with Gasteiger partial charge in [-0.1, -0.05) is 6.07 Å². The molecule has 3 rings (SSSR count). The highest BCUT2D eigenvalue weighted by atomic mass is 32.1. The fourth-order valence-electron chi connectivity index (χ4n) is 3.14. The van der Waals surface area contributed by atoms with E-state index in [9.17, 15) is 4.79 Å². The van der Waals surface area contributed by atoms with Gasteiger partial charge in [0.1, 0.15) is 5.82 Å². The third-order valence-electron chi connectivity index (χ3n) is 4.75. The summed E-state index contributed by atoms with van der Waals surface area (Å²) < 4.78 is 2.21. The second kappa shape index (κ2) is 7.49. The van der Waals surface area contributed by atoms with E-state index in [-0.39, 0.29) is 5.91 Å². The molecule has 1 aliphatic rings. The van der Waals surface area contributed by atoms with Crippen molar-refractivity contribution >= 4 is 17.2 Å². The van der Waals surface area contributed by atoms with E-state index in [2.05, 4.69) is 35.3 Å². The zero-order valence-corrected chi connectivity index (χ0v) is 15.5. The number of aromatic nitrogens is 2. The topological polar surface area (TPSA) is 41.4 Å². The van der Waals surface area contributed by atoms with Gasteiger partial charge in [0.25, 0.3) is 0 Å². The molecule has 5 nitrogen and oxygen atoms in total. The number of carbonyl (C=O) groups excluding carboxylic acids is 1. The normalized spacial score (nSPS) is 18.0. The predicted octanol–water partition coefficient (Wildman–Crippen LogP) is 2.49. The maximum atomic E-state index is 12.8. The Hall–Kier alpha value is -1.66. The Morgan fingerprint density at radius 2 is 2.29 bits per heavy atom. The van der Waals surface area contributed by atoms with Crippen LogP contribution >= 0.6 is 11.3 Å². The number of imidazole rings is 1. The first-order chi connectivity index (χ1) is 11.5. The molecule has 2 aromatic heterocycles. The lowest BCUT2D eigenvalue weighted by molar-refractivity contribution is -0.131. The van der Waals surface area contributed by atoms with Crippen LogP contribution in [0, 0.1) is 5.92 Å². The highest BCUT2D eigenvalue weighted by Gasteiger charge is 2.26. The molecular weight excluding hydrogens is 320 g/mol. The Kier molecular flexibility index (Phi) is 5.36. The molecule has 1 aliphatic heterocycles. The van der Waals surface area contributed by atoms with Gasteiger partial charge in [0.05, 0.1) is 13.0 Å². The molecule has 1 amide bonds. The third kappa shape index (κ3) is 4.05.